The van der Waals surface area contributed by atoms with Gasteiger partial charge < -0.3 is 10.6 Å². The lowest BCUT2D eigenvalue weighted by atomic mass is 9.98. The van der Waals surface area contributed by atoms with Crippen molar-refractivity contribution in [1.82, 2.24) is 9.62 Å². The zero-order valence-corrected chi connectivity index (χ0v) is 15.2. The van der Waals surface area contributed by atoms with E-state index in [1.807, 2.05) is 4.90 Å². The molecule has 0 aromatic heterocycles. The number of rotatable bonds is 5. The number of piperidine rings is 1. The van der Waals surface area contributed by atoms with Crippen molar-refractivity contribution in [3.63, 3.8) is 0 Å². The summed E-state index contributed by atoms with van der Waals surface area (Å²) in [5.74, 6) is 0.466. The van der Waals surface area contributed by atoms with E-state index in [1.165, 1.54) is 0 Å². The van der Waals surface area contributed by atoms with Crippen molar-refractivity contribution in [3.8, 4) is 0 Å². The fourth-order valence-electron chi connectivity index (χ4n) is 3.81. The predicted octanol–water partition coefficient (Wildman–Crippen LogP) is 1.47. The van der Waals surface area contributed by atoms with E-state index in [2.05, 4.69) is 4.72 Å². The van der Waals surface area contributed by atoms with Crippen LogP contribution in [0.3, 0.4) is 0 Å². The first-order chi connectivity index (χ1) is 12.0. The molecule has 2 atom stereocenters. The number of likely N-dealkylation sites (tertiary alicyclic amines) is 1. The molecule has 1 aliphatic carbocycles. The average molecular weight is 365 g/mol. The zero-order valence-electron chi connectivity index (χ0n) is 14.4. The van der Waals surface area contributed by atoms with Gasteiger partial charge in [-0.3, -0.25) is 4.79 Å². The molecule has 1 aromatic carbocycles. The van der Waals surface area contributed by atoms with E-state index < -0.39 is 10.0 Å². The van der Waals surface area contributed by atoms with Gasteiger partial charge in [-0.2, -0.15) is 0 Å². The van der Waals surface area contributed by atoms with Crippen molar-refractivity contribution in [1.29, 1.82) is 0 Å². The van der Waals surface area contributed by atoms with E-state index in [0.29, 0.717) is 38.3 Å². The number of nitrogens with one attached hydrogen (secondary N) is 1. The molecule has 3 N–H and O–H groups in total. The van der Waals surface area contributed by atoms with Gasteiger partial charge in [-0.05, 0) is 43.7 Å². The van der Waals surface area contributed by atoms with Gasteiger partial charge >= 0.3 is 0 Å². The second-order valence-electron chi connectivity index (χ2n) is 7.15. The topological polar surface area (TPSA) is 92.5 Å². The molecule has 1 aromatic rings. The number of nitrogens with zero attached hydrogens (tertiary/aromatic N) is 1. The summed E-state index contributed by atoms with van der Waals surface area (Å²) in [6.07, 6.45) is 4.99. The molecule has 0 unspecified atom stereocenters. The van der Waals surface area contributed by atoms with Gasteiger partial charge in [0.15, 0.2) is 0 Å². The molecule has 2 fully saturated rings. The third-order valence-electron chi connectivity index (χ3n) is 5.38. The molecule has 6 nitrogen and oxygen atoms in total. The van der Waals surface area contributed by atoms with Crippen molar-refractivity contribution >= 4 is 15.9 Å². The summed E-state index contributed by atoms with van der Waals surface area (Å²) < 4.78 is 27.5. The van der Waals surface area contributed by atoms with E-state index in [0.717, 1.165) is 19.3 Å². The van der Waals surface area contributed by atoms with Crippen LogP contribution in [0.25, 0.3) is 0 Å². The van der Waals surface area contributed by atoms with Crippen LogP contribution in [0.4, 0.5) is 0 Å². The Kier molecular flexibility index (Phi) is 5.76. The van der Waals surface area contributed by atoms with Crippen LogP contribution in [-0.2, 0) is 14.8 Å². The third-order valence-corrected chi connectivity index (χ3v) is 6.91. The van der Waals surface area contributed by atoms with Crippen molar-refractivity contribution in [2.75, 3.05) is 13.1 Å². The number of nitrogens with two attached hydrogens (primary N) is 1. The Morgan fingerprint density at radius 3 is 2.40 bits per heavy atom. The molecule has 2 aliphatic rings. The number of benzene rings is 1. The van der Waals surface area contributed by atoms with Crippen molar-refractivity contribution in [2.24, 2.45) is 11.7 Å². The molecule has 1 saturated heterocycles. The standard InChI is InChI=1S/C18H27N3O3S/c19-17-8-4-5-14(17)13-18(22)21-11-9-15(10-12-21)20-25(23,24)16-6-2-1-3-7-16/h1-3,6-7,14-15,17,20H,4-5,8-13,19H2/t14-,17+/m0/s1. The van der Waals surface area contributed by atoms with Gasteiger partial charge in [0.05, 0.1) is 4.90 Å². The minimum absolute atomic E-state index is 0.122. The second-order valence-corrected chi connectivity index (χ2v) is 8.86. The van der Waals surface area contributed by atoms with Gasteiger partial charge in [-0.1, -0.05) is 24.6 Å². The summed E-state index contributed by atoms with van der Waals surface area (Å²) >= 11 is 0. The fraction of sp³-hybridized carbons (Fsp3) is 0.611. The molecule has 0 bridgehead atoms. The molecule has 3 rings (SSSR count). The third kappa shape index (κ3) is 4.59. The fourth-order valence-corrected chi connectivity index (χ4v) is 5.13. The lowest BCUT2D eigenvalue weighted by Crippen LogP contribution is -2.47. The van der Waals surface area contributed by atoms with Crippen LogP contribution in [0, 0.1) is 5.92 Å². The second kappa shape index (κ2) is 7.85. The smallest absolute Gasteiger partial charge is 0.240 e. The Labute approximate surface area is 149 Å². The van der Waals surface area contributed by atoms with Crippen LogP contribution in [0.5, 0.6) is 0 Å². The maximum Gasteiger partial charge on any atom is 0.240 e. The number of hydrogen-bond donors (Lipinski definition) is 2. The molecular weight excluding hydrogens is 338 g/mol. The highest BCUT2D eigenvalue weighted by Crippen LogP contribution is 2.28. The van der Waals surface area contributed by atoms with Gasteiger partial charge in [-0.25, -0.2) is 13.1 Å². The minimum atomic E-state index is -3.49. The molecule has 25 heavy (non-hydrogen) atoms. The summed E-state index contributed by atoms with van der Waals surface area (Å²) in [5, 5.41) is 0. The summed E-state index contributed by atoms with van der Waals surface area (Å²) in [5.41, 5.74) is 6.06. The quantitative estimate of drug-likeness (QED) is 0.826. The number of amides is 1. The Morgan fingerprint density at radius 1 is 1.12 bits per heavy atom. The molecule has 1 heterocycles. The van der Waals surface area contributed by atoms with E-state index in [1.54, 1.807) is 30.3 Å². The van der Waals surface area contributed by atoms with Crippen LogP contribution in [0.1, 0.15) is 38.5 Å². The Morgan fingerprint density at radius 2 is 1.80 bits per heavy atom. The largest absolute Gasteiger partial charge is 0.343 e. The number of hydrogen-bond acceptors (Lipinski definition) is 4. The molecule has 138 valence electrons. The van der Waals surface area contributed by atoms with Gasteiger partial charge in [0.1, 0.15) is 0 Å². The van der Waals surface area contributed by atoms with Crippen LogP contribution < -0.4 is 10.5 Å². The molecule has 0 spiro atoms. The van der Waals surface area contributed by atoms with Crippen LogP contribution >= 0.6 is 0 Å². The molecule has 1 aliphatic heterocycles. The first-order valence-electron chi connectivity index (χ1n) is 9.06. The van der Waals surface area contributed by atoms with Crippen molar-refractivity contribution in [3.05, 3.63) is 30.3 Å². The SMILES string of the molecule is N[C@@H]1CCC[C@H]1CC(=O)N1CCC(NS(=O)(=O)c2ccccc2)CC1. The van der Waals surface area contributed by atoms with Gasteiger partial charge in [0.2, 0.25) is 15.9 Å². The number of carbonyl (C=O) groups is 1. The van der Waals surface area contributed by atoms with E-state index in [-0.39, 0.29) is 22.9 Å². The number of carbonyl (C=O) groups excluding carboxylic acids is 1. The van der Waals surface area contributed by atoms with Gasteiger partial charge in [0.25, 0.3) is 0 Å². The highest BCUT2D eigenvalue weighted by Gasteiger charge is 2.30. The van der Waals surface area contributed by atoms with E-state index in [4.69, 9.17) is 5.73 Å². The monoisotopic (exact) mass is 365 g/mol. The van der Waals surface area contributed by atoms with E-state index >= 15 is 0 Å². The summed E-state index contributed by atoms with van der Waals surface area (Å²) in [6, 6.07) is 8.42. The Hall–Kier alpha value is -1.44. The van der Waals surface area contributed by atoms with Gasteiger partial charge in [0, 0.05) is 31.6 Å². The number of sulfonamides is 1. The maximum absolute atomic E-state index is 12.4. The van der Waals surface area contributed by atoms with Crippen LogP contribution in [0.15, 0.2) is 35.2 Å². The molecule has 0 radical (unpaired) electrons. The summed E-state index contributed by atoms with van der Waals surface area (Å²) in [4.78, 5) is 14.6. The molecule has 7 heteroatoms. The van der Waals surface area contributed by atoms with Gasteiger partial charge in [-0.15, -0.1) is 0 Å². The van der Waals surface area contributed by atoms with Crippen LogP contribution in [0.2, 0.25) is 0 Å². The van der Waals surface area contributed by atoms with Crippen molar-refractivity contribution < 1.29 is 13.2 Å². The summed E-state index contributed by atoms with van der Waals surface area (Å²) in [7, 11) is -3.49. The maximum atomic E-state index is 12.4. The Balaban J connectivity index is 1.49. The van der Waals surface area contributed by atoms with Crippen LogP contribution in [-0.4, -0.2) is 44.4 Å². The lowest BCUT2D eigenvalue weighted by Gasteiger charge is -2.33. The first kappa shape index (κ1) is 18.4. The predicted molar refractivity (Wildman–Crippen MR) is 96.3 cm³/mol. The molecular formula is C18H27N3O3S. The Bertz CT molecular complexity index is 685. The highest BCUT2D eigenvalue weighted by atomic mass is 32.2. The molecule has 1 amide bonds. The zero-order chi connectivity index (χ0) is 17.9. The van der Waals surface area contributed by atoms with Crippen molar-refractivity contribution in [2.45, 2.75) is 55.5 Å². The average Bonchev–Trinajstić information content (AvgIpc) is 3.01. The highest BCUT2D eigenvalue weighted by molar-refractivity contribution is 7.89. The minimum Gasteiger partial charge on any atom is -0.343 e. The molecule has 1 saturated carbocycles. The first-order valence-corrected chi connectivity index (χ1v) is 10.5. The lowest BCUT2D eigenvalue weighted by molar-refractivity contribution is -0.133. The summed E-state index contributed by atoms with van der Waals surface area (Å²) in [6.45, 7) is 1.20. The normalized spacial score (nSPS) is 25.2. The van der Waals surface area contributed by atoms with E-state index in [9.17, 15) is 13.2 Å².